The number of carboxylic acids is 1. The molecule has 1 amide bonds. The monoisotopic (exact) mass is 516 g/mol. The number of non-ortho nitro benzene ring substituents is 1. The van der Waals surface area contributed by atoms with Crippen molar-refractivity contribution in [2.24, 2.45) is 0 Å². The van der Waals surface area contributed by atoms with Gasteiger partial charge < -0.3 is 15.1 Å². The van der Waals surface area contributed by atoms with Crippen LogP contribution < -0.4 is 0 Å². The van der Waals surface area contributed by atoms with Gasteiger partial charge in [0.2, 0.25) is 0 Å². The summed E-state index contributed by atoms with van der Waals surface area (Å²) in [6.45, 7) is 0.170. The van der Waals surface area contributed by atoms with Crippen molar-refractivity contribution in [1.29, 1.82) is 0 Å². The summed E-state index contributed by atoms with van der Waals surface area (Å²) < 4.78 is 0.771. The molecule has 0 bridgehead atoms. The van der Waals surface area contributed by atoms with Gasteiger partial charge in [0.15, 0.2) is 0 Å². The van der Waals surface area contributed by atoms with Crippen molar-refractivity contribution in [2.45, 2.75) is 31.7 Å². The molecule has 2 aromatic rings. The lowest BCUT2D eigenvalue weighted by Gasteiger charge is -2.25. The molecule has 9 nitrogen and oxygen atoms in total. The molecule has 1 fully saturated rings. The van der Waals surface area contributed by atoms with Crippen LogP contribution in [0.1, 0.15) is 42.9 Å². The van der Waals surface area contributed by atoms with Crippen LogP contribution in [0, 0.1) is 10.1 Å². The molecule has 33 heavy (non-hydrogen) atoms. The third-order valence-electron chi connectivity index (χ3n) is 5.37. The Labute approximate surface area is 197 Å². The van der Waals surface area contributed by atoms with Gasteiger partial charge in [-0.25, -0.2) is 0 Å². The summed E-state index contributed by atoms with van der Waals surface area (Å²) in [4.78, 5) is 48.3. The van der Waals surface area contributed by atoms with Crippen LogP contribution in [0.5, 0.6) is 0 Å². The van der Waals surface area contributed by atoms with Crippen LogP contribution in [0.3, 0.4) is 0 Å². The van der Waals surface area contributed by atoms with Gasteiger partial charge in [-0.1, -0.05) is 34.5 Å². The Morgan fingerprint density at radius 3 is 2.21 bits per heavy atom. The molecule has 1 heterocycles. The Morgan fingerprint density at radius 1 is 1.00 bits per heavy atom. The van der Waals surface area contributed by atoms with Gasteiger partial charge >= 0.3 is 5.97 Å². The van der Waals surface area contributed by atoms with Crippen LogP contribution in [-0.2, 0) is 14.4 Å². The van der Waals surface area contributed by atoms with Gasteiger partial charge in [-0.2, -0.15) is 0 Å². The highest BCUT2D eigenvalue weighted by Crippen LogP contribution is 2.40. The lowest BCUT2D eigenvalue weighted by Crippen LogP contribution is -2.30. The molecule has 0 radical (unpaired) electrons. The van der Waals surface area contributed by atoms with E-state index in [4.69, 9.17) is 5.11 Å². The first-order valence-corrected chi connectivity index (χ1v) is 11.0. The number of likely N-dealkylation sites (tertiary alicyclic amines) is 1. The van der Waals surface area contributed by atoms with E-state index in [1.807, 2.05) is 0 Å². The summed E-state index contributed by atoms with van der Waals surface area (Å²) in [5.41, 5.74) is 0.563. The fourth-order valence-electron chi connectivity index (χ4n) is 3.73. The van der Waals surface area contributed by atoms with Crippen LogP contribution in [0.25, 0.3) is 5.76 Å². The smallest absolute Gasteiger partial charge is 0.303 e. The van der Waals surface area contributed by atoms with Crippen LogP contribution in [0.2, 0.25) is 0 Å². The van der Waals surface area contributed by atoms with E-state index in [-0.39, 0.29) is 30.0 Å². The Morgan fingerprint density at radius 2 is 1.64 bits per heavy atom. The molecule has 2 N–H and O–H groups in total. The maximum absolute atomic E-state index is 12.9. The summed E-state index contributed by atoms with van der Waals surface area (Å²) in [6, 6.07) is 11.1. The number of carbonyl (C=O) groups excluding carboxylic acids is 2. The number of amides is 1. The molecule has 1 atom stereocenters. The first-order chi connectivity index (χ1) is 15.7. The maximum atomic E-state index is 12.9. The predicted molar refractivity (Wildman–Crippen MR) is 122 cm³/mol. The Hall–Kier alpha value is -3.53. The largest absolute Gasteiger partial charge is 0.507 e. The quantitative estimate of drug-likeness (QED) is 0.125. The number of ketones is 1. The summed E-state index contributed by atoms with van der Waals surface area (Å²) in [5.74, 6) is -2.87. The lowest BCUT2D eigenvalue weighted by molar-refractivity contribution is -0.384. The number of carbonyl (C=O) groups is 3. The number of aliphatic hydroxyl groups excluding tert-OH is 1. The van der Waals surface area contributed by atoms with E-state index < -0.39 is 28.6 Å². The van der Waals surface area contributed by atoms with Crippen molar-refractivity contribution in [2.75, 3.05) is 6.54 Å². The number of carboxylic acid groups (broad SMARTS) is 1. The number of benzene rings is 2. The fourth-order valence-corrected chi connectivity index (χ4v) is 4.00. The van der Waals surface area contributed by atoms with Gasteiger partial charge in [0.25, 0.3) is 17.4 Å². The molecule has 10 heteroatoms. The number of halogens is 1. The second kappa shape index (κ2) is 10.4. The molecule has 1 aliphatic heterocycles. The second-order valence-corrected chi connectivity index (χ2v) is 8.47. The van der Waals surface area contributed by atoms with E-state index in [9.17, 15) is 29.6 Å². The molecule has 0 aromatic heterocycles. The number of Topliss-reactive ketones (excluding diaryl/α,β-unsaturated/α-hetero) is 1. The summed E-state index contributed by atoms with van der Waals surface area (Å²) in [6.07, 6.45) is 1.44. The van der Waals surface area contributed by atoms with E-state index in [2.05, 4.69) is 15.9 Å². The Balaban J connectivity index is 1.99. The van der Waals surface area contributed by atoms with Crippen molar-refractivity contribution in [3.63, 3.8) is 0 Å². The molecule has 1 aliphatic rings. The van der Waals surface area contributed by atoms with E-state index in [0.717, 1.165) is 4.47 Å². The zero-order valence-electron chi connectivity index (χ0n) is 17.4. The number of nitro benzene ring substituents is 1. The normalized spacial score (nSPS) is 17.4. The molecule has 0 aliphatic carbocycles. The van der Waals surface area contributed by atoms with Crippen LogP contribution >= 0.6 is 15.9 Å². The lowest BCUT2D eigenvalue weighted by atomic mass is 9.95. The van der Waals surface area contributed by atoms with Gasteiger partial charge in [-0.3, -0.25) is 24.5 Å². The second-order valence-electron chi connectivity index (χ2n) is 7.55. The summed E-state index contributed by atoms with van der Waals surface area (Å²) in [7, 11) is 0. The Kier molecular flexibility index (Phi) is 7.59. The number of hydrogen-bond donors (Lipinski definition) is 2. The minimum Gasteiger partial charge on any atom is -0.507 e. The van der Waals surface area contributed by atoms with Gasteiger partial charge in [0.1, 0.15) is 5.76 Å². The van der Waals surface area contributed by atoms with E-state index in [1.165, 1.54) is 29.2 Å². The van der Waals surface area contributed by atoms with Gasteiger partial charge in [-0.05, 0) is 42.7 Å². The topological polar surface area (TPSA) is 138 Å². The van der Waals surface area contributed by atoms with E-state index in [0.29, 0.717) is 30.4 Å². The zero-order valence-corrected chi connectivity index (χ0v) is 19.0. The predicted octanol–water partition coefficient (Wildman–Crippen LogP) is 4.42. The standard InChI is InChI=1S/C23H21BrN2O7/c24-16-9-5-15(6-10-16)21(29)19-20(14-7-11-17(12-8-14)26(32)33)25(23(31)22(19)30)13-3-1-2-4-18(27)28/h5-12,20,29H,1-4,13H2,(H,27,28)/t20-/m1/s1. The van der Waals surface area contributed by atoms with Crippen molar-refractivity contribution in [1.82, 2.24) is 4.90 Å². The number of unbranched alkanes of at least 4 members (excludes halogenated alkanes) is 2. The third kappa shape index (κ3) is 5.46. The van der Waals surface area contributed by atoms with Crippen molar-refractivity contribution < 1.29 is 29.5 Å². The third-order valence-corrected chi connectivity index (χ3v) is 5.90. The first kappa shape index (κ1) is 24.1. The van der Waals surface area contributed by atoms with E-state index in [1.54, 1.807) is 24.3 Å². The highest BCUT2D eigenvalue weighted by atomic mass is 79.9. The highest BCUT2D eigenvalue weighted by molar-refractivity contribution is 9.10. The van der Waals surface area contributed by atoms with E-state index >= 15 is 0 Å². The van der Waals surface area contributed by atoms with Gasteiger partial charge in [0, 0.05) is 35.1 Å². The number of aliphatic carboxylic acids is 1. The van der Waals surface area contributed by atoms with Crippen LogP contribution in [0.15, 0.2) is 58.6 Å². The fraction of sp³-hybridized carbons (Fsp3) is 0.261. The van der Waals surface area contributed by atoms with Crippen LogP contribution in [-0.4, -0.2) is 44.2 Å². The maximum Gasteiger partial charge on any atom is 0.303 e. The molecular weight excluding hydrogens is 496 g/mol. The molecule has 3 rings (SSSR count). The molecule has 0 unspecified atom stereocenters. The average molecular weight is 517 g/mol. The molecule has 0 saturated carbocycles. The molecular formula is C23H21BrN2O7. The van der Waals surface area contributed by atoms with Crippen LogP contribution in [0.4, 0.5) is 5.69 Å². The number of rotatable bonds is 9. The van der Waals surface area contributed by atoms with Gasteiger partial charge in [0.05, 0.1) is 16.5 Å². The molecule has 1 saturated heterocycles. The highest BCUT2D eigenvalue weighted by Gasteiger charge is 2.45. The van der Waals surface area contributed by atoms with Crippen molar-refractivity contribution >= 4 is 45.0 Å². The first-order valence-electron chi connectivity index (χ1n) is 10.2. The molecule has 2 aromatic carbocycles. The summed E-state index contributed by atoms with van der Waals surface area (Å²) in [5, 5.41) is 30.8. The minimum atomic E-state index is -0.922. The number of nitrogens with zero attached hydrogens (tertiary/aromatic N) is 2. The average Bonchev–Trinajstić information content (AvgIpc) is 3.03. The Bertz CT molecular complexity index is 1110. The number of nitro groups is 1. The minimum absolute atomic E-state index is 0.00810. The zero-order chi connectivity index (χ0) is 24.1. The number of aliphatic hydroxyl groups is 1. The number of hydrogen-bond acceptors (Lipinski definition) is 6. The van der Waals surface area contributed by atoms with Crippen molar-refractivity contribution in [3.05, 3.63) is 79.8 Å². The molecule has 172 valence electrons. The summed E-state index contributed by atoms with van der Waals surface area (Å²) >= 11 is 3.31. The molecule has 0 spiro atoms. The van der Waals surface area contributed by atoms with Gasteiger partial charge in [-0.15, -0.1) is 0 Å². The SMILES string of the molecule is O=C(O)CCCCCN1C(=O)C(=O)C(=C(O)c2ccc(Br)cc2)[C@H]1c1ccc([N+](=O)[O-])cc1. The van der Waals surface area contributed by atoms with Crippen molar-refractivity contribution in [3.8, 4) is 0 Å².